The normalized spacial score (nSPS) is 17.9. The van der Waals surface area contributed by atoms with Crippen molar-refractivity contribution in [3.8, 4) is 16.9 Å². The number of anilines is 1. The number of carbonyl (C=O) groups is 3. The Morgan fingerprint density at radius 2 is 1.80 bits per heavy atom. The summed E-state index contributed by atoms with van der Waals surface area (Å²) < 4.78 is 10.4. The number of carboxylic acid groups (broad SMARTS) is 1. The molecule has 2 N–H and O–H groups in total. The van der Waals surface area contributed by atoms with E-state index in [9.17, 15) is 19.5 Å². The fourth-order valence-corrected chi connectivity index (χ4v) is 4.38. The quantitative estimate of drug-likeness (QED) is 0.505. The minimum Gasteiger partial charge on any atom is -0.497 e. The van der Waals surface area contributed by atoms with Crippen molar-refractivity contribution in [2.75, 3.05) is 19.0 Å². The standard InChI is InChI=1S/C22H23NO6S/c1-3-29-22(27)18-17(13-8-10-14(28-2)11-9-13)12-30-20(18)23-19(24)15-6-4-5-7-16(15)21(25)26/h4-5,8-12,15-16H,3,6-7H2,1-2H3,(H,23,24)(H,25,26)/t15-,16-/m1/s1. The molecular formula is C22H23NO6S. The van der Waals surface area contributed by atoms with Crippen LogP contribution in [-0.4, -0.2) is 36.7 Å². The van der Waals surface area contributed by atoms with Crippen LogP contribution < -0.4 is 10.1 Å². The summed E-state index contributed by atoms with van der Waals surface area (Å²) in [5.74, 6) is -2.77. The van der Waals surface area contributed by atoms with Crippen molar-refractivity contribution < 1.29 is 29.0 Å². The third-order valence-electron chi connectivity index (χ3n) is 4.99. The fraction of sp³-hybridized carbons (Fsp3) is 0.318. The van der Waals surface area contributed by atoms with Crippen molar-refractivity contribution in [3.05, 3.63) is 47.4 Å². The van der Waals surface area contributed by atoms with Crippen LogP contribution in [0.3, 0.4) is 0 Å². The Balaban J connectivity index is 1.93. The molecule has 0 radical (unpaired) electrons. The number of allylic oxidation sites excluding steroid dienone is 2. The van der Waals surface area contributed by atoms with Crippen molar-refractivity contribution >= 4 is 34.2 Å². The van der Waals surface area contributed by atoms with E-state index < -0.39 is 29.7 Å². The molecule has 3 rings (SSSR count). The van der Waals surface area contributed by atoms with E-state index >= 15 is 0 Å². The Labute approximate surface area is 178 Å². The highest BCUT2D eigenvalue weighted by atomic mass is 32.1. The summed E-state index contributed by atoms with van der Waals surface area (Å²) in [6.45, 7) is 1.90. The molecule has 158 valence electrons. The summed E-state index contributed by atoms with van der Waals surface area (Å²) in [6.07, 6.45) is 4.24. The molecule has 0 saturated carbocycles. The van der Waals surface area contributed by atoms with Crippen LogP contribution in [0.4, 0.5) is 5.00 Å². The number of hydrogen-bond acceptors (Lipinski definition) is 6. The van der Waals surface area contributed by atoms with E-state index in [1.54, 1.807) is 37.6 Å². The number of methoxy groups -OCH3 is 1. The SMILES string of the molecule is CCOC(=O)c1c(-c2ccc(OC)cc2)csc1NC(=O)[C@@H]1CC=CC[C@H]1C(=O)O. The van der Waals surface area contributed by atoms with Gasteiger partial charge in [0.1, 0.15) is 16.3 Å². The highest BCUT2D eigenvalue weighted by Gasteiger charge is 2.35. The van der Waals surface area contributed by atoms with Crippen LogP contribution in [0.5, 0.6) is 5.75 Å². The van der Waals surface area contributed by atoms with Gasteiger partial charge in [-0.15, -0.1) is 11.3 Å². The van der Waals surface area contributed by atoms with Crippen molar-refractivity contribution in [2.24, 2.45) is 11.8 Å². The van der Waals surface area contributed by atoms with Crippen molar-refractivity contribution in [2.45, 2.75) is 19.8 Å². The van der Waals surface area contributed by atoms with E-state index in [0.717, 1.165) is 5.56 Å². The molecule has 1 aromatic carbocycles. The summed E-state index contributed by atoms with van der Waals surface area (Å²) in [7, 11) is 1.57. The monoisotopic (exact) mass is 429 g/mol. The number of carbonyl (C=O) groups excluding carboxylic acids is 2. The number of ether oxygens (including phenoxy) is 2. The van der Waals surface area contributed by atoms with Crippen LogP contribution >= 0.6 is 11.3 Å². The van der Waals surface area contributed by atoms with Crippen LogP contribution in [0.25, 0.3) is 11.1 Å². The predicted octanol–water partition coefficient (Wildman–Crippen LogP) is 4.21. The second kappa shape index (κ2) is 9.58. The number of esters is 1. The molecule has 0 aliphatic heterocycles. The van der Waals surface area contributed by atoms with E-state index in [4.69, 9.17) is 9.47 Å². The Bertz CT molecular complexity index is 963. The summed E-state index contributed by atoms with van der Waals surface area (Å²) in [4.78, 5) is 37.1. The summed E-state index contributed by atoms with van der Waals surface area (Å²) in [6, 6.07) is 7.21. The van der Waals surface area contributed by atoms with Gasteiger partial charge in [-0.3, -0.25) is 9.59 Å². The summed E-state index contributed by atoms with van der Waals surface area (Å²) >= 11 is 1.21. The van der Waals surface area contributed by atoms with Crippen LogP contribution in [-0.2, 0) is 14.3 Å². The Hall–Kier alpha value is -3.13. The van der Waals surface area contributed by atoms with Gasteiger partial charge in [-0.25, -0.2) is 4.79 Å². The molecule has 8 heteroatoms. The molecule has 0 fully saturated rings. The average molecular weight is 429 g/mol. The van der Waals surface area contributed by atoms with Crippen LogP contribution in [0.15, 0.2) is 41.8 Å². The van der Waals surface area contributed by atoms with Gasteiger partial charge in [-0.05, 0) is 37.5 Å². The smallest absolute Gasteiger partial charge is 0.341 e. The largest absolute Gasteiger partial charge is 0.497 e. The first kappa shape index (κ1) is 21.6. The lowest BCUT2D eigenvalue weighted by atomic mass is 9.82. The highest BCUT2D eigenvalue weighted by Crippen LogP contribution is 2.38. The van der Waals surface area contributed by atoms with Crippen LogP contribution in [0.2, 0.25) is 0 Å². The first-order valence-corrected chi connectivity index (χ1v) is 10.5. The molecule has 1 amide bonds. The minimum absolute atomic E-state index is 0.193. The molecular weight excluding hydrogens is 406 g/mol. The van der Waals surface area contributed by atoms with Crippen molar-refractivity contribution in [1.82, 2.24) is 0 Å². The third kappa shape index (κ3) is 4.54. The maximum absolute atomic E-state index is 12.9. The molecule has 0 unspecified atom stereocenters. The lowest BCUT2D eigenvalue weighted by Crippen LogP contribution is -2.34. The van der Waals surface area contributed by atoms with E-state index in [-0.39, 0.29) is 12.2 Å². The molecule has 1 aromatic heterocycles. The number of thiophene rings is 1. The number of carboxylic acids is 1. The van der Waals surface area contributed by atoms with Crippen LogP contribution in [0, 0.1) is 11.8 Å². The first-order valence-electron chi connectivity index (χ1n) is 9.58. The number of benzene rings is 1. The zero-order chi connectivity index (χ0) is 21.7. The van der Waals surface area contributed by atoms with Gasteiger partial charge in [0.2, 0.25) is 5.91 Å². The van der Waals surface area contributed by atoms with Gasteiger partial charge in [0.15, 0.2) is 0 Å². The lowest BCUT2D eigenvalue weighted by molar-refractivity contribution is -0.146. The van der Waals surface area contributed by atoms with Crippen LogP contribution in [0.1, 0.15) is 30.1 Å². The van der Waals surface area contributed by atoms with Gasteiger partial charge in [0, 0.05) is 10.9 Å². The van der Waals surface area contributed by atoms with E-state index in [1.807, 2.05) is 18.2 Å². The number of amides is 1. The molecule has 0 saturated heterocycles. The molecule has 7 nitrogen and oxygen atoms in total. The maximum atomic E-state index is 12.9. The van der Waals surface area contributed by atoms with E-state index in [0.29, 0.717) is 29.2 Å². The Morgan fingerprint density at radius 3 is 2.40 bits per heavy atom. The topological polar surface area (TPSA) is 102 Å². The van der Waals surface area contributed by atoms with Gasteiger partial charge < -0.3 is 19.9 Å². The van der Waals surface area contributed by atoms with Crippen molar-refractivity contribution in [3.63, 3.8) is 0 Å². The second-order valence-corrected chi connectivity index (χ2v) is 7.67. The van der Waals surface area contributed by atoms with Gasteiger partial charge in [-0.2, -0.15) is 0 Å². The second-order valence-electron chi connectivity index (χ2n) is 6.79. The number of hydrogen-bond donors (Lipinski definition) is 2. The van der Waals surface area contributed by atoms with Crippen molar-refractivity contribution in [1.29, 1.82) is 0 Å². The zero-order valence-corrected chi connectivity index (χ0v) is 17.5. The fourth-order valence-electron chi connectivity index (χ4n) is 3.42. The van der Waals surface area contributed by atoms with Gasteiger partial charge in [0.25, 0.3) is 0 Å². The number of nitrogens with one attached hydrogen (secondary N) is 1. The molecule has 30 heavy (non-hydrogen) atoms. The lowest BCUT2D eigenvalue weighted by Gasteiger charge is -2.24. The van der Waals surface area contributed by atoms with Gasteiger partial charge in [0.05, 0.1) is 25.6 Å². The van der Waals surface area contributed by atoms with Gasteiger partial charge in [-0.1, -0.05) is 24.3 Å². The van der Waals surface area contributed by atoms with E-state index in [1.165, 1.54) is 11.3 Å². The summed E-state index contributed by atoms with van der Waals surface area (Å²) in [5.41, 5.74) is 1.67. The Kier molecular flexibility index (Phi) is 6.89. The molecule has 0 spiro atoms. The molecule has 0 bridgehead atoms. The van der Waals surface area contributed by atoms with Gasteiger partial charge >= 0.3 is 11.9 Å². The third-order valence-corrected chi connectivity index (χ3v) is 5.89. The highest BCUT2D eigenvalue weighted by molar-refractivity contribution is 7.15. The first-order chi connectivity index (χ1) is 14.5. The molecule has 2 atom stereocenters. The molecule has 2 aromatic rings. The maximum Gasteiger partial charge on any atom is 0.341 e. The summed E-state index contributed by atoms with van der Waals surface area (Å²) in [5, 5.41) is 14.3. The molecule has 1 heterocycles. The molecule has 1 aliphatic carbocycles. The number of rotatable bonds is 7. The molecule has 1 aliphatic rings. The number of aliphatic carboxylic acids is 1. The average Bonchev–Trinajstić information content (AvgIpc) is 3.17. The Morgan fingerprint density at radius 1 is 1.13 bits per heavy atom. The predicted molar refractivity (Wildman–Crippen MR) is 114 cm³/mol. The minimum atomic E-state index is -1.00. The van der Waals surface area contributed by atoms with E-state index in [2.05, 4.69) is 5.32 Å². The zero-order valence-electron chi connectivity index (χ0n) is 16.7.